The number of nitrogens with two attached hydrogens (primary N) is 1. The zero-order chi connectivity index (χ0) is 11.4. The minimum Gasteiger partial charge on any atom is -0.381 e. The number of rotatable bonds is 4. The SMILES string of the molecule is NNC(Cc1ccc(F)cc1)C1CCOC1. The number of hydrogen-bond acceptors (Lipinski definition) is 3. The Kier molecular flexibility index (Phi) is 3.88. The molecule has 0 bridgehead atoms. The molecule has 2 unspecified atom stereocenters. The van der Waals surface area contributed by atoms with Crippen LogP contribution in [-0.2, 0) is 11.2 Å². The number of hydrogen-bond donors (Lipinski definition) is 2. The number of benzene rings is 1. The minimum absolute atomic E-state index is 0.202. The summed E-state index contributed by atoms with van der Waals surface area (Å²) in [5, 5.41) is 0. The first kappa shape index (κ1) is 11.5. The van der Waals surface area contributed by atoms with Gasteiger partial charge < -0.3 is 4.74 Å². The fourth-order valence-electron chi connectivity index (χ4n) is 2.11. The van der Waals surface area contributed by atoms with E-state index in [0.29, 0.717) is 5.92 Å². The summed E-state index contributed by atoms with van der Waals surface area (Å²) >= 11 is 0. The van der Waals surface area contributed by atoms with Crippen LogP contribution in [-0.4, -0.2) is 19.3 Å². The molecule has 0 spiro atoms. The lowest BCUT2D eigenvalue weighted by molar-refractivity contribution is 0.176. The molecule has 16 heavy (non-hydrogen) atoms. The first-order valence-electron chi connectivity index (χ1n) is 5.58. The van der Waals surface area contributed by atoms with Crippen LogP contribution in [0.2, 0.25) is 0 Å². The number of halogens is 1. The van der Waals surface area contributed by atoms with Gasteiger partial charge in [0.1, 0.15) is 5.82 Å². The molecule has 3 N–H and O–H groups in total. The first-order valence-corrected chi connectivity index (χ1v) is 5.58. The van der Waals surface area contributed by atoms with E-state index in [-0.39, 0.29) is 11.9 Å². The standard InChI is InChI=1S/C12H17FN2O/c13-11-3-1-9(2-4-11)7-12(15-14)10-5-6-16-8-10/h1-4,10,12,15H,5-8,14H2. The lowest BCUT2D eigenvalue weighted by Gasteiger charge is -2.21. The molecule has 0 radical (unpaired) electrons. The maximum Gasteiger partial charge on any atom is 0.123 e. The van der Waals surface area contributed by atoms with Crippen molar-refractivity contribution >= 4 is 0 Å². The predicted molar refractivity (Wildman–Crippen MR) is 60.1 cm³/mol. The van der Waals surface area contributed by atoms with Gasteiger partial charge in [-0.15, -0.1) is 0 Å². The van der Waals surface area contributed by atoms with Gasteiger partial charge in [0.25, 0.3) is 0 Å². The van der Waals surface area contributed by atoms with Gasteiger partial charge in [-0.1, -0.05) is 12.1 Å². The molecule has 3 nitrogen and oxygen atoms in total. The second-order valence-electron chi connectivity index (χ2n) is 4.23. The highest BCUT2D eigenvalue weighted by Gasteiger charge is 2.24. The van der Waals surface area contributed by atoms with Gasteiger partial charge in [0, 0.05) is 18.6 Å². The van der Waals surface area contributed by atoms with Crippen molar-refractivity contribution in [2.45, 2.75) is 18.9 Å². The van der Waals surface area contributed by atoms with Gasteiger partial charge in [-0.2, -0.15) is 0 Å². The molecule has 1 aromatic carbocycles. The summed E-state index contributed by atoms with van der Waals surface area (Å²) in [4.78, 5) is 0. The number of nitrogens with one attached hydrogen (secondary N) is 1. The summed E-state index contributed by atoms with van der Waals surface area (Å²) in [5.41, 5.74) is 3.93. The molecule has 1 heterocycles. The van der Waals surface area contributed by atoms with Crippen molar-refractivity contribution in [1.29, 1.82) is 0 Å². The lowest BCUT2D eigenvalue weighted by atomic mass is 9.93. The van der Waals surface area contributed by atoms with E-state index in [9.17, 15) is 4.39 Å². The molecule has 0 aromatic heterocycles. The van der Waals surface area contributed by atoms with E-state index in [1.165, 1.54) is 12.1 Å². The Morgan fingerprint density at radius 3 is 2.75 bits per heavy atom. The quantitative estimate of drug-likeness (QED) is 0.597. The highest BCUT2D eigenvalue weighted by atomic mass is 19.1. The third kappa shape index (κ3) is 2.78. The molecule has 2 rings (SSSR count). The maximum atomic E-state index is 12.7. The Morgan fingerprint density at radius 1 is 1.44 bits per heavy atom. The molecule has 0 saturated carbocycles. The lowest BCUT2D eigenvalue weighted by Crippen LogP contribution is -2.42. The second-order valence-corrected chi connectivity index (χ2v) is 4.23. The number of hydrazine groups is 1. The van der Waals surface area contributed by atoms with E-state index in [1.807, 2.05) is 0 Å². The molecule has 1 aliphatic heterocycles. The van der Waals surface area contributed by atoms with Gasteiger partial charge in [0.2, 0.25) is 0 Å². The highest BCUT2D eigenvalue weighted by molar-refractivity contribution is 5.17. The largest absolute Gasteiger partial charge is 0.381 e. The first-order chi connectivity index (χ1) is 7.79. The molecule has 2 atom stereocenters. The summed E-state index contributed by atoms with van der Waals surface area (Å²) in [5.74, 6) is 5.80. The van der Waals surface area contributed by atoms with Crippen molar-refractivity contribution in [2.24, 2.45) is 11.8 Å². The van der Waals surface area contributed by atoms with Crippen molar-refractivity contribution in [3.63, 3.8) is 0 Å². The van der Waals surface area contributed by atoms with Crippen LogP contribution in [0.1, 0.15) is 12.0 Å². The molecule has 1 aliphatic rings. The zero-order valence-electron chi connectivity index (χ0n) is 9.16. The van der Waals surface area contributed by atoms with Gasteiger partial charge >= 0.3 is 0 Å². The third-order valence-corrected chi connectivity index (χ3v) is 3.12. The van der Waals surface area contributed by atoms with E-state index in [1.54, 1.807) is 12.1 Å². The van der Waals surface area contributed by atoms with E-state index in [4.69, 9.17) is 10.6 Å². The zero-order valence-corrected chi connectivity index (χ0v) is 9.16. The Labute approximate surface area is 94.8 Å². The van der Waals surface area contributed by atoms with Crippen LogP contribution in [0.25, 0.3) is 0 Å². The van der Waals surface area contributed by atoms with Crippen molar-refractivity contribution in [3.05, 3.63) is 35.6 Å². The fraction of sp³-hybridized carbons (Fsp3) is 0.500. The Morgan fingerprint density at radius 2 is 2.19 bits per heavy atom. The molecule has 4 heteroatoms. The van der Waals surface area contributed by atoms with Gasteiger partial charge in [-0.3, -0.25) is 11.3 Å². The number of ether oxygens (including phenoxy) is 1. The average Bonchev–Trinajstić information content (AvgIpc) is 2.82. The molecule has 88 valence electrons. The van der Waals surface area contributed by atoms with Gasteiger partial charge in [0.15, 0.2) is 0 Å². The molecule has 0 amide bonds. The van der Waals surface area contributed by atoms with Crippen LogP contribution < -0.4 is 11.3 Å². The van der Waals surface area contributed by atoms with Crippen LogP contribution in [0.15, 0.2) is 24.3 Å². The topological polar surface area (TPSA) is 47.3 Å². The van der Waals surface area contributed by atoms with Gasteiger partial charge in [-0.05, 0) is 30.5 Å². The van der Waals surface area contributed by atoms with Crippen molar-refractivity contribution in [3.8, 4) is 0 Å². The summed E-state index contributed by atoms with van der Waals surface area (Å²) in [7, 11) is 0. The maximum absolute atomic E-state index is 12.7. The van der Waals surface area contributed by atoms with E-state index < -0.39 is 0 Å². The summed E-state index contributed by atoms with van der Waals surface area (Å²) in [6, 6.07) is 6.76. The van der Waals surface area contributed by atoms with Crippen LogP contribution in [0, 0.1) is 11.7 Å². The van der Waals surface area contributed by atoms with Crippen LogP contribution in [0.4, 0.5) is 4.39 Å². The average molecular weight is 224 g/mol. The van der Waals surface area contributed by atoms with E-state index in [2.05, 4.69) is 5.43 Å². The third-order valence-electron chi connectivity index (χ3n) is 3.12. The second kappa shape index (κ2) is 5.39. The Hall–Kier alpha value is -0.970. The van der Waals surface area contributed by atoms with Crippen molar-refractivity contribution in [1.82, 2.24) is 5.43 Å². The van der Waals surface area contributed by atoms with E-state index in [0.717, 1.165) is 31.6 Å². The summed E-state index contributed by atoms with van der Waals surface area (Å²) in [6.07, 6.45) is 1.85. The van der Waals surface area contributed by atoms with Gasteiger partial charge in [-0.25, -0.2) is 4.39 Å². The van der Waals surface area contributed by atoms with Crippen LogP contribution in [0.3, 0.4) is 0 Å². The molecule has 0 aliphatic carbocycles. The van der Waals surface area contributed by atoms with Gasteiger partial charge in [0.05, 0.1) is 6.61 Å². The van der Waals surface area contributed by atoms with Crippen LogP contribution in [0.5, 0.6) is 0 Å². The highest BCUT2D eigenvalue weighted by Crippen LogP contribution is 2.19. The fourth-order valence-corrected chi connectivity index (χ4v) is 2.11. The van der Waals surface area contributed by atoms with Crippen molar-refractivity contribution in [2.75, 3.05) is 13.2 Å². The normalized spacial score (nSPS) is 22.2. The Balaban J connectivity index is 1.97. The van der Waals surface area contributed by atoms with Crippen molar-refractivity contribution < 1.29 is 9.13 Å². The monoisotopic (exact) mass is 224 g/mol. The molecule has 1 saturated heterocycles. The predicted octanol–water partition coefficient (Wildman–Crippen LogP) is 1.24. The Bertz CT molecular complexity index is 322. The molecular formula is C12H17FN2O. The van der Waals surface area contributed by atoms with Crippen LogP contribution >= 0.6 is 0 Å². The summed E-state index contributed by atoms with van der Waals surface area (Å²) in [6.45, 7) is 1.57. The smallest absolute Gasteiger partial charge is 0.123 e. The van der Waals surface area contributed by atoms with E-state index >= 15 is 0 Å². The molecular weight excluding hydrogens is 207 g/mol. The molecule has 1 aromatic rings. The molecule has 1 fully saturated rings. The minimum atomic E-state index is -0.204. The summed E-state index contributed by atoms with van der Waals surface area (Å²) < 4.78 is 18.1.